The molecule has 0 saturated heterocycles. The van der Waals surface area contributed by atoms with Gasteiger partial charge in [0.2, 0.25) is 0 Å². The molecule has 0 amide bonds. The van der Waals surface area contributed by atoms with Crippen molar-refractivity contribution in [2.75, 3.05) is 0 Å². The number of aryl methyl sites for hydroxylation is 1. The smallest absolute Gasteiger partial charge is 0.131 e. The van der Waals surface area contributed by atoms with E-state index in [-0.39, 0.29) is 5.75 Å². The second-order valence-corrected chi connectivity index (χ2v) is 3.64. The molecule has 2 aromatic rings. The summed E-state index contributed by atoms with van der Waals surface area (Å²) in [7, 11) is 0. The molecule has 1 heteroatoms. The second-order valence-electron chi connectivity index (χ2n) is 3.64. The van der Waals surface area contributed by atoms with Crippen molar-refractivity contribution in [2.24, 2.45) is 0 Å². The highest BCUT2D eigenvalue weighted by Crippen LogP contribution is 2.16. The van der Waals surface area contributed by atoms with Crippen LogP contribution in [0.4, 0.5) is 0 Å². The van der Waals surface area contributed by atoms with Crippen LogP contribution in [0.3, 0.4) is 0 Å². The van der Waals surface area contributed by atoms with E-state index in [1.165, 1.54) is 0 Å². The molecule has 0 aromatic heterocycles. The van der Waals surface area contributed by atoms with Gasteiger partial charge in [0.1, 0.15) is 5.75 Å². The molecule has 78 valence electrons. The van der Waals surface area contributed by atoms with Gasteiger partial charge in [0.05, 0.1) is 5.56 Å². The summed E-state index contributed by atoms with van der Waals surface area (Å²) in [6, 6.07) is 15.1. The van der Waals surface area contributed by atoms with Crippen molar-refractivity contribution in [2.45, 2.75) is 6.92 Å². The lowest BCUT2D eigenvalue weighted by molar-refractivity contribution is 0.473. The Labute approximate surface area is 95.4 Å². The predicted octanol–water partition coefficient (Wildman–Crippen LogP) is 3.10. The van der Waals surface area contributed by atoms with Gasteiger partial charge in [-0.2, -0.15) is 0 Å². The Kier molecular flexibility index (Phi) is 2.93. The average Bonchev–Trinajstić information content (AvgIpc) is 2.32. The number of aromatic hydroxyl groups is 1. The van der Waals surface area contributed by atoms with E-state index in [4.69, 9.17) is 0 Å². The summed E-state index contributed by atoms with van der Waals surface area (Å²) in [6.45, 7) is 1.98. The first-order chi connectivity index (χ1) is 7.75. The molecule has 0 atom stereocenters. The van der Waals surface area contributed by atoms with Gasteiger partial charge in [-0.1, -0.05) is 36.1 Å². The Hall–Kier alpha value is -2.20. The van der Waals surface area contributed by atoms with Crippen LogP contribution in [0, 0.1) is 18.8 Å². The maximum atomic E-state index is 9.61. The van der Waals surface area contributed by atoms with Crippen LogP contribution in [0.25, 0.3) is 0 Å². The highest BCUT2D eigenvalue weighted by Gasteiger charge is 1.96. The zero-order valence-electron chi connectivity index (χ0n) is 9.07. The number of benzene rings is 2. The molecule has 0 spiro atoms. The lowest BCUT2D eigenvalue weighted by Gasteiger charge is -1.97. The summed E-state index contributed by atoms with van der Waals surface area (Å²) in [5.41, 5.74) is 2.71. The number of phenols is 1. The third-order valence-corrected chi connectivity index (χ3v) is 2.27. The van der Waals surface area contributed by atoms with Crippen LogP contribution in [0.5, 0.6) is 5.75 Å². The second kappa shape index (κ2) is 4.55. The van der Waals surface area contributed by atoms with Crippen molar-refractivity contribution < 1.29 is 5.11 Å². The molecular weight excluding hydrogens is 196 g/mol. The zero-order chi connectivity index (χ0) is 11.4. The molecule has 0 heterocycles. The Morgan fingerprint density at radius 1 is 0.938 bits per heavy atom. The molecule has 1 N–H and O–H groups in total. The molecule has 1 nitrogen and oxygen atoms in total. The lowest BCUT2D eigenvalue weighted by Crippen LogP contribution is -1.79. The van der Waals surface area contributed by atoms with Gasteiger partial charge in [0.25, 0.3) is 0 Å². The van der Waals surface area contributed by atoms with E-state index >= 15 is 0 Å². The molecule has 2 rings (SSSR count). The maximum absolute atomic E-state index is 9.61. The quantitative estimate of drug-likeness (QED) is 0.659. The Bertz CT molecular complexity index is 545. The van der Waals surface area contributed by atoms with Gasteiger partial charge in [-0.05, 0) is 36.8 Å². The van der Waals surface area contributed by atoms with Crippen molar-refractivity contribution in [1.29, 1.82) is 0 Å². The van der Waals surface area contributed by atoms with Gasteiger partial charge < -0.3 is 5.11 Å². The minimum absolute atomic E-state index is 0.231. The molecular formula is C15H12O. The normalized spacial score (nSPS) is 9.31. The Morgan fingerprint density at radius 2 is 1.69 bits per heavy atom. The minimum Gasteiger partial charge on any atom is -0.507 e. The fraction of sp³-hybridized carbons (Fsp3) is 0.0667. The summed E-state index contributed by atoms with van der Waals surface area (Å²) in [5.74, 6) is 6.22. The summed E-state index contributed by atoms with van der Waals surface area (Å²) >= 11 is 0. The molecule has 0 fully saturated rings. The first-order valence-electron chi connectivity index (χ1n) is 5.12. The third kappa shape index (κ3) is 2.43. The molecule has 16 heavy (non-hydrogen) atoms. The lowest BCUT2D eigenvalue weighted by atomic mass is 10.1. The van der Waals surface area contributed by atoms with Crippen LogP contribution in [0.1, 0.15) is 16.7 Å². The first kappa shape index (κ1) is 10.3. The first-order valence-corrected chi connectivity index (χ1v) is 5.12. The third-order valence-electron chi connectivity index (χ3n) is 2.27. The fourth-order valence-corrected chi connectivity index (χ4v) is 1.41. The number of hydrogen-bond donors (Lipinski definition) is 1. The monoisotopic (exact) mass is 208 g/mol. The molecule has 0 saturated carbocycles. The van der Waals surface area contributed by atoms with Gasteiger partial charge >= 0.3 is 0 Å². The topological polar surface area (TPSA) is 20.2 Å². The van der Waals surface area contributed by atoms with Crippen LogP contribution in [-0.2, 0) is 0 Å². The van der Waals surface area contributed by atoms with Gasteiger partial charge in [-0.15, -0.1) is 0 Å². The van der Waals surface area contributed by atoms with Crippen molar-refractivity contribution in [1.82, 2.24) is 0 Å². The maximum Gasteiger partial charge on any atom is 0.131 e. The van der Waals surface area contributed by atoms with Crippen LogP contribution >= 0.6 is 0 Å². The van der Waals surface area contributed by atoms with Gasteiger partial charge in [-0.3, -0.25) is 0 Å². The molecule has 0 unspecified atom stereocenters. The van der Waals surface area contributed by atoms with Crippen LogP contribution < -0.4 is 0 Å². The van der Waals surface area contributed by atoms with Crippen molar-refractivity contribution >= 4 is 0 Å². The summed E-state index contributed by atoms with van der Waals surface area (Å²) in [4.78, 5) is 0. The number of rotatable bonds is 0. The summed E-state index contributed by atoms with van der Waals surface area (Å²) in [5, 5.41) is 9.61. The van der Waals surface area contributed by atoms with Crippen LogP contribution in [0.2, 0.25) is 0 Å². The summed E-state index contributed by atoms with van der Waals surface area (Å²) < 4.78 is 0. The molecule has 0 aliphatic carbocycles. The summed E-state index contributed by atoms with van der Waals surface area (Å²) in [6.07, 6.45) is 0. The standard InChI is InChI=1S/C15H12O/c1-12-7-10-15(16)14(11-12)9-8-13-5-3-2-4-6-13/h2-7,10-11,16H,1H3. The van der Waals surface area contributed by atoms with Crippen molar-refractivity contribution in [3.63, 3.8) is 0 Å². The highest BCUT2D eigenvalue weighted by atomic mass is 16.3. The molecule has 0 radical (unpaired) electrons. The van der Waals surface area contributed by atoms with Crippen molar-refractivity contribution in [3.8, 4) is 17.6 Å². The van der Waals surface area contributed by atoms with E-state index in [1.807, 2.05) is 49.4 Å². The average molecular weight is 208 g/mol. The molecule has 0 aliphatic rings. The fourth-order valence-electron chi connectivity index (χ4n) is 1.41. The van der Waals surface area contributed by atoms with E-state index < -0.39 is 0 Å². The van der Waals surface area contributed by atoms with Gasteiger partial charge in [-0.25, -0.2) is 0 Å². The number of hydrogen-bond acceptors (Lipinski definition) is 1. The van der Waals surface area contributed by atoms with E-state index in [9.17, 15) is 5.11 Å². The Balaban J connectivity index is 2.34. The molecule has 0 aliphatic heterocycles. The van der Waals surface area contributed by atoms with Crippen molar-refractivity contribution in [3.05, 3.63) is 65.2 Å². The Morgan fingerprint density at radius 3 is 2.44 bits per heavy atom. The van der Waals surface area contributed by atoms with E-state index in [0.717, 1.165) is 11.1 Å². The highest BCUT2D eigenvalue weighted by molar-refractivity contribution is 5.50. The minimum atomic E-state index is 0.231. The zero-order valence-corrected chi connectivity index (χ0v) is 9.07. The molecule has 0 bridgehead atoms. The van der Waals surface area contributed by atoms with E-state index in [2.05, 4.69) is 11.8 Å². The van der Waals surface area contributed by atoms with E-state index in [0.29, 0.717) is 5.56 Å². The van der Waals surface area contributed by atoms with Gasteiger partial charge in [0, 0.05) is 5.56 Å². The number of phenolic OH excluding ortho intramolecular Hbond substituents is 1. The van der Waals surface area contributed by atoms with Gasteiger partial charge in [0.15, 0.2) is 0 Å². The van der Waals surface area contributed by atoms with E-state index in [1.54, 1.807) is 6.07 Å². The van der Waals surface area contributed by atoms with Crippen LogP contribution in [-0.4, -0.2) is 5.11 Å². The van der Waals surface area contributed by atoms with Crippen LogP contribution in [0.15, 0.2) is 48.5 Å². The predicted molar refractivity (Wildman–Crippen MR) is 65.3 cm³/mol. The SMILES string of the molecule is Cc1ccc(O)c(C#Cc2ccccc2)c1. The largest absolute Gasteiger partial charge is 0.507 e. The molecule has 2 aromatic carbocycles.